The topological polar surface area (TPSA) is 107 Å². The molecule has 6 nitrogen and oxygen atoms in total. The van der Waals surface area contributed by atoms with Crippen molar-refractivity contribution in [3.8, 4) is 11.5 Å². The molecule has 1 amide bonds. The molecule has 21 heavy (non-hydrogen) atoms. The van der Waals surface area contributed by atoms with Crippen molar-refractivity contribution < 1.29 is 24.9 Å². The summed E-state index contributed by atoms with van der Waals surface area (Å²) >= 11 is 0. The highest BCUT2D eigenvalue weighted by atomic mass is 16.4. The zero-order valence-corrected chi connectivity index (χ0v) is 11.1. The molecule has 2 aromatic carbocycles. The average Bonchev–Trinajstić information content (AvgIpc) is 2.40. The van der Waals surface area contributed by atoms with Gasteiger partial charge in [0.15, 0.2) is 0 Å². The van der Waals surface area contributed by atoms with Gasteiger partial charge in [0.1, 0.15) is 11.5 Å². The summed E-state index contributed by atoms with van der Waals surface area (Å²) < 4.78 is 0. The number of phenolic OH excluding ortho intramolecular Hbond substituents is 2. The summed E-state index contributed by atoms with van der Waals surface area (Å²) in [6.07, 6.45) is 0. The Morgan fingerprint density at radius 3 is 2.33 bits per heavy atom. The van der Waals surface area contributed by atoms with Crippen LogP contribution in [0.2, 0.25) is 0 Å². The van der Waals surface area contributed by atoms with Crippen LogP contribution in [-0.4, -0.2) is 27.2 Å². The van der Waals surface area contributed by atoms with E-state index in [1.165, 1.54) is 18.2 Å². The predicted molar refractivity (Wildman–Crippen MR) is 75.9 cm³/mol. The van der Waals surface area contributed by atoms with Gasteiger partial charge in [-0.05, 0) is 36.8 Å². The number of carbonyl (C=O) groups is 2. The van der Waals surface area contributed by atoms with Crippen LogP contribution in [0.5, 0.6) is 11.5 Å². The molecule has 4 N–H and O–H groups in total. The van der Waals surface area contributed by atoms with Gasteiger partial charge in [0.2, 0.25) is 0 Å². The third-order valence-electron chi connectivity index (χ3n) is 2.95. The van der Waals surface area contributed by atoms with E-state index in [9.17, 15) is 19.8 Å². The molecule has 0 aliphatic heterocycles. The Balaban J connectivity index is 2.27. The number of aromatic hydroxyl groups is 2. The Morgan fingerprint density at radius 2 is 1.71 bits per heavy atom. The Kier molecular flexibility index (Phi) is 3.80. The molecule has 0 aliphatic carbocycles. The Hall–Kier alpha value is -3.02. The maximum atomic E-state index is 12.0. The minimum Gasteiger partial charge on any atom is -0.508 e. The van der Waals surface area contributed by atoms with Gasteiger partial charge in [-0.1, -0.05) is 6.07 Å². The van der Waals surface area contributed by atoms with Crippen LogP contribution in [0.4, 0.5) is 5.69 Å². The van der Waals surface area contributed by atoms with Crippen molar-refractivity contribution >= 4 is 17.6 Å². The first-order chi connectivity index (χ1) is 9.88. The van der Waals surface area contributed by atoms with Crippen LogP contribution in [0.1, 0.15) is 26.3 Å². The van der Waals surface area contributed by atoms with Crippen LogP contribution >= 0.6 is 0 Å². The lowest BCUT2D eigenvalue weighted by atomic mass is 10.1. The van der Waals surface area contributed by atoms with E-state index in [1.54, 1.807) is 19.1 Å². The standard InChI is InChI=1S/C15H13NO5/c1-8-2-3-9(6-12(8)15(20)21)16-14(19)11-5-4-10(17)7-13(11)18/h2-7,17-18H,1H3,(H,16,19)(H,20,21). The van der Waals surface area contributed by atoms with E-state index in [1.807, 2.05) is 0 Å². The normalized spacial score (nSPS) is 10.1. The Bertz CT molecular complexity index is 724. The number of carboxylic acid groups (broad SMARTS) is 1. The maximum absolute atomic E-state index is 12.0. The van der Waals surface area contributed by atoms with E-state index in [4.69, 9.17) is 5.11 Å². The summed E-state index contributed by atoms with van der Waals surface area (Å²) in [5.41, 5.74) is 0.941. The fraction of sp³-hybridized carbons (Fsp3) is 0.0667. The zero-order chi connectivity index (χ0) is 15.6. The van der Waals surface area contributed by atoms with Crippen LogP contribution < -0.4 is 5.32 Å². The number of carboxylic acids is 1. The third kappa shape index (κ3) is 3.11. The maximum Gasteiger partial charge on any atom is 0.336 e. The monoisotopic (exact) mass is 287 g/mol. The number of carbonyl (C=O) groups excluding carboxylic acids is 1. The van der Waals surface area contributed by atoms with E-state index >= 15 is 0 Å². The third-order valence-corrected chi connectivity index (χ3v) is 2.95. The fourth-order valence-corrected chi connectivity index (χ4v) is 1.84. The molecule has 108 valence electrons. The molecule has 0 aliphatic rings. The number of hydrogen-bond donors (Lipinski definition) is 4. The van der Waals surface area contributed by atoms with Gasteiger partial charge in [-0.2, -0.15) is 0 Å². The van der Waals surface area contributed by atoms with Crippen molar-refractivity contribution in [1.82, 2.24) is 0 Å². The molecular weight excluding hydrogens is 274 g/mol. The lowest BCUT2D eigenvalue weighted by molar-refractivity contribution is 0.0695. The molecular formula is C15H13NO5. The molecule has 6 heteroatoms. The first kappa shape index (κ1) is 14.4. The second-order valence-electron chi connectivity index (χ2n) is 4.49. The van der Waals surface area contributed by atoms with Gasteiger partial charge in [-0.3, -0.25) is 4.79 Å². The van der Waals surface area contributed by atoms with Gasteiger partial charge in [0.25, 0.3) is 5.91 Å². The number of aromatic carboxylic acids is 1. The molecule has 0 saturated heterocycles. The first-order valence-corrected chi connectivity index (χ1v) is 6.06. The van der Waals surface area contributed by atoms with Crippen molar-refractivity contribution in [2.75, 3.05) is 5.32 Å². The summed E-state index contributed by atoms with van der Waals surface area (Å²) in [4.78, 5) is 23.1. The van der Waals surface area contributed by atoms with Crippen LogP contribution in [0.3, 0.4) is 0 Å². The summed E-state index contributed by atoms with van der Waals surface area (Å²) in [7, 11) is 0. The Morgan fingerprint density at radius 1 is 1.00 bits per heavy atom. The number of amides is 1. The number of nitrogens with one attached hydrogen (secondary N) is 1. The smallest absolute Gasteiger partial charge is 0.336 e. The van der Waals surface area contributed by atoms with Crippen LogP contribution in [0.25, 0.3) is 0 Å². The highest BCUT2D eigenvalue weighted by Crippen LogP contribution is 2.24. The summed E-state index contributed by atoms with van der Waals surface area (Å²) in [5, 5.41) is 30.3. The van der Waals surface area contributed by atoms with Gasteiger partial charge in [0.05, 0.1) is 11.1 Å². The molecule has 0 aromatic heterocycles. The van der Waals surface area contributed by atoms with Gasteiger partial charge >= 0.3 is 5.97 Å². The molecule has 0 heterocycles. The zero-order valence-electron chi connectivity index (χ0n) is 11.1. The predicted octanol–water partition coefficient (Wildman–Crippen LogP) is 2.36. The molecule has 2 aromatic rings. The second-order valence-corrected chi connectivity index (χ2v) is 4.49. The number of anilines is 1. The van der Waals surface area contributed by atoms with Crippen molar-refractivity contribution in [2.45, 2.75) is 6.92 Å². The minimum absolute atomic E-state index is 0.0229. The minimum atomic E-state index is -1.09. The summed E-state index contributed by atoms with van der Waals surface area (Å²) in [6, 6.07) is 8.07. The number of rotatable bonds is 3. The average molecular weight is 287 g/mol. The lowest BCUT2D eigenvalue weighted by Gasteiger charge is -2.09. The largest absolute Gasteiger partial charge is 0.508 e. The molecule has 2 rings (SSSR count). The van der Waals surface area contributed by atoms with Gasteiger partial charge in [0, 0.05) is 11.8 Å². The van der Waals surface area contributed by atoms with Gasteiger partial charge in [-0.25, -0.2) is 4.79 Å². The van der Waals surface area contributed by atoms with Crippen molar-refractivity contribution in [3.05, 3.63) is 53.1 Å². The molecule has 0 atom stereocenters. The molecule has 0 radical (unpaired) electrons. The number of benzene rings is 2. The van der Waals surface area contributed by atoms with Crippen molar-refractivity contribution in [1.29, 1.82) is 0 Å². The summed E-state index contributed by atoms with van der Waals surface area (Å²) in [6.45, 7) is 1.65. The van der Waals surface area contributed by atoms with Gasteiger partial charge < -0.3 is 20.6 Å². The highest BCUT2D eigenvalue weighted by Gasteiger charge is 2.14. The van der Waals surface area contributed by atoms with E-state index < -0.39 is 11.9 Å². The first-order valence-electron chi connectivity index (χ1n) is 6.06. The number of aryl methyl sites for hydroxylation is 1. The highest BCUT2D eigenvalue weighted by molar-refractivity contribution is 6.06. The molecule has 0 unspecified atom stereocenters. The molecule has 0 saturated carbocycles. The van der Waals surface area contributed by atoms with Crippen LogP contribution in [0.15, 0.2) is 36.4 Å². The van der Waals surface area contributed by atoms with Gasteiger partial charge in [-0.15, -0.1) is 0 Å². The van der Waals surface area contributed by atoms with Crippen molar-refractivity contribution in [3.63, 3.8) is 0 Å². The van der Waals surface area contributed by atoms with E-state index in [0.29, 0.717) is 11.3 Å². The van der Waals surface area contributed by atoms with Crippen LogP contribution in [-0.2, 0) is 0 Å². The summed E-state index contributed by atoms with van der Waals surface area (Å²) in [5.74, 6) is -2.21. The quantitative estimate of drug-likeness (QED) is 0.693. The fourth-order valence-electron chi connectivity index (χ4n) is 1.84. The van der Waals surface area contributed by atoms with Crippen LogP contribution in [0, 0.1) is 6.92 Å². The molecule has 0 spiro atoms. The molecule has 0 fully saturated rings. The molecule has 0 bridgehead atoms. The van der Waals surface area contributed by atoms with E-state index in [-0.39, 0.29) is 22.6 Å². The van der Waals surface area contributed by atoms with E-state index in [0.717, 1.165) is 6.07 Å². The van der Waals surface area contributed by atoms with E-state index in [2.05, 4.69) is 5.32 Å². The van der Waals surface area contributed by atoms with Crippen molar-refractivity contribution in [2.24, 2.45) is 0 Å². The second kappa shape index (κ2) is 5.54. The SMILES string of the molecule is Cc1ccc(NC(=O)c2ccc(O)cc2O)cc1C(=O)O. The Labute approximate surface area is 120 Å². The lowest BCUT2D eigenvalue weighted by Crippen LogP contribution is -2.13. The number of hydrogen-bond acceptors (Lipinski definition) is 4. The number of phenols is 2.